The summed E-state index contributed by atoms with van der Waals surface area (Å²) >= 11 is 0. The normalized spacial score (nSPS) is 23.1. The monoisotopic (exact) mass is 324 g/mol. The number of amides is 1. The van der Waals surface area contributed by atoms with Gasteiger partial charge in [-0.05, 0) is 65.7 Å². The lowest BCUT2D eigenvalue weighted by Crippen LogP contribution is -2.52. The fraction of sp³-hybridized carbons (Fsp3) is 0.950. The van der Waals surface area contributed by atoms with Crippen LogP contribution in [0, 0.1) is 11.3 Å². The van der Waals surface area contributed by atoms with Gasteiger partial charge in [-0.2, -0.15) is 0 Å². The number of rotatable bonds is 6. The summed E-state index contributed by atoms with van der Waals surface area (Å²) < 4.78 is 0. The van der Waals surface area contributed by atoms with Crippen molar-refractivity contribution >= 4 is 5.91 Å². The molecule has 2 atom stereocenters. The van der Waals surface area contributed by atoms with Crippen molar-refractivity contribution in [1.82, 2.24) is 10.6 Å². The molecule has 0 bridgehead atoms. The Labute approximate surface area is 144 Å². The van der Waals surface area contributed by atoms with E-state index in [1.165, 1.54) is 6.42 Å². The molecule has 0 aromatic carbocycles. The van der Waals surface area contributed by atoms with Crippen molar-refractivity contribution in [3.05, 3.63) is 0 Å². The summed E-state index contributed by atoms with van der Waals surface area (Å²) in [5, 5.41) is 6.96. The largest absolute Gasteiger partial charge is 0.351 e. The van der Waals surface area contributed by atoms with E-state index in [1.54, 1.807) is 0 Å². The first-order valence-corrected chi connectivity index (χ1v) is 9.39. The van der Waals surface area contributed by atoms with E-state index in [1.807, 2.05) is 0 Å². The molecule has 0 unspecified atom stereocenters. The second-order valence-corrected chi connectivity index (χ2v) is 10.3. The fourth-order valence-corrected chi connectivity index (χ4v) is 3.55. The summed E-state index contributed by atoms with van der Waals surface area (Å²) in [6, 6.07) is 0.320. The second-order valence-electron chi connectivity index (χ2n) is 10.3. The van der Waals surface area contributed by atoms with Gasteiger partial charge in [0.1, 0.15) is 0 Å². The van der Waals surface area contributed by atoms with Crippen LogP contribution in [-0.4, -0.2) is 23.0 Å². The van der Waals surface area contributed by atoms with Crippen LogP contribution in [0.2, 0.25) is 0 Å². The molecule has 0 saturated heterocycles. The van der Waals surface area contributed by atoms with E-state index >= 15 is 0 Å². The molecule has 136 valence electrons. The third kappa shape index (κ3) is 8.19. The zero-order valence-corrected chi connectivity index (χ0v) is 16.8. The molecule has 3 nitrogen and oxygen atoms in total. The van der Waals surface area contributed by atoms with Crippen LogP contribution in [0.5, 0.6) is 0 Å². The molecule has 1 aliphatic carbocycles. The van der Waals surface area contributed by atoms with Crippen molar-refractivity contribution < 1.29 is 4.79 Å². The van der Waals surface area contributed by atoms with Crippen molar-refractivity contribution in [2.24, 2.45) is 11.3 Å². The summed E-state index contributed by atoms with van der Waals surface area (Å²) in [7, 11) is 0. The van der Waals surface area contributed by atoms with Gasteiger partial charge in [0, 0.05) is 17.1 Å². The van der Waals surface area contributed by atoms with Crippen LogP contribution in [0.15, 0.2) is 0 Å². The maximum absolute atomic E-state index is 12.8. The zero-order chi connectivity index (χ0) is 17.9. The highest BCUT2D eigenvalue weighted by atomic mass is 16.2. The number of nitrogens with one attached hydrogen (secondary N) is 2. The van der Waals surface area contributed by atoms with E-state index in [2.05, 4.69) is 66.0 Å². The van der Waals surface area contributed by atoms with Crippen molar-refractivity contribution in [3.8, 4) is 0 Å². The van der Waals surface area contributed by atoms with Gasteiger partial charge in [-0.1, -0.05) is 33.6 Å². The van der Waals surface area contributed by atoms with Crippen molar-refractivity contribution in [2.45, 2.75) is 111 Å². The fourth-order valence-electron chi connectivity index (χ4n) is 3.55. The summed E-state index contributed by atoms with van der Waals surface area (Å²) in [4.78, 5) is 12.8. The van der Waals surface area contributed by atoms with E-state index in [9.17, 15) is 4.79 Å². The quantitative estimate of drug-likeness (QED) is 0.746. The van der Waals surface area contributed by atoms with Gasteiger partial charge in [-0.25, -0.2) is 0 Å². The molecule has 23 heavy (non-hydrogen) atoms. The molecule has 1 fully saturated rings. The molecule has 1 amide bonds. The van der Waals surface area contributed by atoms with Crippen LogP contribution in [0.25, 0.3) is 0 Å². The number of carbonyl (C=O) groups excluding carboxylic acids is 1. The molecule has 0 spiro atoms. The van der Waals surface area contributed by atoms with Gasteiger partial charge >= 0.3 is 0 Å². The lowest BCUT2D eigenvalue weighted by atomic mass is 9.86. The third-order valence-electron chi connectivity index (χ3n) is 4.66. The van der Waals surface area contributed by atoms with Crippen LogP contribution in [0.4, 0.5) is 0 Å². The molecule has 0 heterocycles. The number of carbonyl (C=O) groups is 1. The van der Waals surface area contributed by atoms with Crippen LogP contribution in [0.3, 0.4) is 0 Å². The topological polar surface area (TPSA) is 41.1 Å². The lowest BCUT2D eigenvalue weighted by Gasteiger charge is -2.33. The van der Waals surface area contributed by atoms with E-state index in [0.29, 0.717) is 11.5 Å². The molecule has 3 heteroatoms. The molecule has 0 radical (unpaired) electrons. The summed E-state index contributed by atoms with van der Waals surface area (Å²) in [6.07, 6.45) is 6.67. The minimum absolute atomic E-state index is 0.0652. The van der Waals surface area contributed by atoms with Gasteiger partial charge in [-0.3, -0.25) is 4.79 Å². The maximum Gasteiger partial charge on any atom is 0.225 e. The van der Waals surface area contributed by atoms with Crippen LogP contribution >= 0.6 is 0 Å². The van der Waals surface area contributed by atoms with Crippen LogP contribution in [-0.2, 0) is 4.79 Å². The Hall–Kier alpha value is -0.570. The Morgan fingerprint density at radius 3 is 2.09 bits per heavy atom. The van der Waals surface area contributed by atoms with E-state index in [-0.39, 0.29) is 22.9 Å². The highest BCUT2D eigenvalue weighted by Gasteiger charge is 2.36. The first-order chi connectivity index (χ1) is 10.3. The molecule has 1 saturated carbocycles. The summed E-state index contributed by atoms with van der Waals surface area (Å²) in [5.74, 6) is 0.362. The van der Waals surface area contributed by atoms with Crippen LogP contribution < -0.4 is 10.6 Å². The molecule has 0 aromatic heterocycles. The van der Waals surface area contributed by atoms with Crippen molar-refractivity contribution in [1.29, 1.82) is 0 Å². The first kappa shape index (κ1) is 20.5. The molecule has 1 aliphatic rings. The summed E-state index contributed by atoms with van der Waals surface area (Å²) in [5.41, 5.74) is 0.320. The predicted molar refractivity (Wildman–Crippen MR) is 99.5 cm³/mol. The Morgan fingerprint density at radius 1 is 0.957 bits per heavy atom. The highest BCUT2D eigenvalue weighted by molar-refractivity contribution is 5.80. The van der Waals surface area contributed by atoms with Crippen LogP contribution in [0.1, 0.15) is 93.9 Å². The third-order valence-corrected chi connectivity index (χ3v) is 4.66. The standard InChI is InChI=1S/C20H40N2O/c1-18(2,3)13-10-14-20(7,8)22-17(23)15-11-9-12-16(15)21-19(4,5)6/h15-16,21H,9-14H2,1-8H3,(H,22,23)/t15-,16+/m0/s1. The average Bonchev–Trinajstić information content (AvgIpc) is 2.71. The number of hydrogen-bond acceptors (Lipinski definition) is 2. The van der Waals surface area contributed by atoms with Crippen molar-refractivity contribution in [2.75, 3.05) is 0 Å². The van der Waals surface area contributed by atoms with Gasteiger partial charge in [0.05, 0.1) is 5.92 Å². The Kier molecular flexibility index (Phi) is 6.72. The summed E-state index contributed by atoms with van der Waals surface area (Å²) in [6.45, 7) is 17.7. The van der Waals surface area contributed by atoms with E-state index in [4.69, 9.17) is 0 Å². The molecule has 1 rings (SSSR count). The van der Waals surface area contributed by atoms with Gasteiger partial charge < -0.3 is 10.6 Å². The molecule has 0 aliphatic heterocycles. The average molecular weight is 325 g/mol. The molecular weight excluding hydrogens is 284 g/mol. The Bertz CT molecular complexity index is 387. The molecular formula is C20H40N2O. The minimum atomic E-state index is -0.114. The lowest BCUT2D eigenvalue weighted by molar-refractivity contribution is -0.127. The molecule has 0 aromatic rings. The SMILES string of the molecule is CC(C)(C)CCCC(C)(C)NC(=O)[C@H]1CCC[C@H]1NC(C)(C)C. The van der Waals surface area contributed by atoms with Gasteiger partial charge in [0.25, 0.3) is 0 Å². The highest BCUT2D eigenvalue weighted by Crippen LogP contribution is 2.29. The smallest absolute Gasteiger partial charge is 0.225 e. The maximum atomic E-state index is 12.8. The molecule has 2 N–H and O–H groups in total. The Balaban J connectivity index is 2.52. The van der Waals surface area contributed by atoms with Gasteiger partial charge in [0.15, 0.2) is 0 Å². The van der Waals surface area contributed by atoms with E-state index in [0.717, 1.165) is 32.1 Å². The Morgan fingerprint density at radius 2 is 1.57 bits per heavy atom. The number of hydrogen-bond donors (Lipinski definition) is 2. The predicted octanol–water partition coefficient (Wildman–Crippen LogP) is 4.65. The second kappa shape index (κ2) is 7.55. The van der Waals surface area contributed by atoms with Crippen molar-refractivity contribution in [3.63, 3.8) is 0 Å². The zero-order valence-electron chi connectivity index (χ0n) is 16.8. The minimum Gasteiger partial charge on any atom is -0.351 e. The van der Waals surface area contributed by atoms with E-state index < -0.39 is 0 Å². The van der Waals surface area contributed by atoms with Gasteiger partial charge in [-0.15, -0.1) is 0 Å². The van der Waals surface area contributed by atoms with Gasteiger partial charge in [0.2, 0.25) is 5.91 Å². The first-order valence-electron chi connectivity index (χ1n) is 9.39.